The Bertz CT molecular complexity index is 1330. The van der Waals surface area contributed by atoms with Crippen molar-refractivity contribution in [2.75, 3.05) is 12.4 Å². The fourth-order valence-electron chi connectivity index (χ4n) is 3.44. The first-order valence-electron chi connectivity index (χ1n) is 11.1. The predicted molar refractivity (Wildman–Crippen MR) is 138 cm³/mol. The summed E-state index contributed by atoms with van der Waals surface area (Å²) in [4.78, 5) is 24.4. The molecule has 0 saturated carbocycles. The first-order chi connectivity index (χ1) is 16.9. The molecule has 1 N–H and O–H groups in total. The number of ketones is 1. The first-order valence-corrected chi connectivity index (χ1v) is 12.0. The number of Topliss-reactive ketones (excluding diaryl/α,β-unsaturated/α-hetero) is 1. The van der Waals surface area contributed by atoms with Crippen LogP contribution in [-0.2, 0) is 4.79 Å². The van der Waals surface area contributed by atoms with Gasteiger partial charge in [0, 0.05) is 22.5 Å². The maximum absolute atomic E-state index is 12.9. The number of hydrogen-bond donors (Lipinski definition) is 1. The monoisotopic (exact) mass is 486 g/mol. The number of nitrogens with one attached hydrogen (secondary N) is 1. The van der Waals surface area contributed by atoms with Gasteiger partial charge in [-0.2, -0.15) is 0 Å². The number of aromatic nitrogens is 3. The smallest absolute Gasteiger partial charge is 0.237 e. The minimum absolute atomic E-state index is 0.0186. The van der Waals surface area contributed by atoms with E-state index in [-0.39, 0.29) is 11.7 Å². The van der Waals surface area contributed by atoms with Crippen LogP contribution in [0.4, 0.5) is 5.69 Å². The molecular weight excluding hydrogens is 460 g/mol. The second-order valence-electron chi connectivity index (χ2n) is 8.09. The van der Waals surface area contributed by atoms with Gasteiger partial charge in [0.25, 0.3) is 0 Å². The van der Waals surface area contributed by atoms with Gasteiger partial charge in [-0.3, -0.25) is 14.2 Å². The SMILES string of the molecule is COc1ccc(-c2nnc(SC(C)C(=O)Nc3ccc(C(C)=O)cc3)n2-c2ccc(C)cc2)cc1. The molecule has 0 spiro atoms. The highest BCUT2D eigenvalue weighted by atomic mass is 32.2. The summed E-state index contributed by atoms with van der Waals surface area (Å²) >= 11 is 1.33. The third-order valence-electron chi connectivity index (χ3n) is 5.48. The minimum atomic E-state index is -0.445. The molecule has 0 aliphatic rings. The van der Waals surface area contributed by atoms with E-state index in [2.05, 4.69) is 15.5 Å². The molecule has 4 rings (SSSR count). The molecule has 3 aromatic carbocycles. The lowest BCUT2D eigenvalue weighted by molar-refractivity contribution is -0.115. The number of thioether (sulfide) groups is 1. The molecule has 0 bridgehead atoms. The molecule has 1 amide bonds. The standard InChI is InChI=1S/C27H26N4O3S/c1-17-5-13-23(14-6-17)31-25(21-9-15-24(34-4)16-10-21)29-30-27(31)35-19(3)26(33)28-22-11-7-20(8-12-22)18(2)32/h5-16,19H,1-4H3,(H,28,33). The number of rotatable bonds is 8. The Hall–Kier alpha value is -3.91. The van der Waals surface area contributed by atoms with Crippen molar-refractivity contribution in [3.63, 3.8) is 0 Å². The summed E-state index contributed by atoms with van der Waals surface area (Å²) in [6, 6.07) is 22.6. The van der Waals surface area contributed by atoms with Crippen molar-refractivity contribution in [3.8, 4) is 22.8 Å². The number of hydrogen-bond acceptors (Lipinski definition) is 6. The van der Waals surface area contributed by atoms with Crippen molar-refractivity contribution in [2.45, 2.75) is 31.2 Å². The van der Waals surface area contributed by atoms with Gasteiger partial charge in [-0.05, 0) is 81.4 Å². The Morgan fingerprint density at radius 1 is 0.943 bits per heavy atom. The van der Waals surface area contributed by atoms with Gasteiger partial charge in [0.05, 0.1) is 12.4 Å². The summed E-state index contributed by atoms with van der Waals surface area (Å²) in [5.41, 5.74) is 4.16. The van der Waals surface area contributed by atoms with Crippen LogP contribution in [0.5, 0.6) is 5.75 Å². The van der Waals surface area contributed by atoms with Gasteiger partial charge in [-0.15, -0.1) is 10.2 Å². The summed E-state index contributed by atoms with van der Waals surface area (Å²) in [5.74, 6) is 1.24. The molecule has 0 aliphatic heterocycles. The minimum Gasteiger partial charge on any atom is -0.497 e. The van der Waals surface area contributed by atoms with Crippen LogP contribution < -0.4 is 10.1 Å². The van der Waals surface area contributed by atoms with E-state index >= 15 is 0 Å². The number of carbonyl (C=O) groups excluding carboxylic acids is 2. The zero-order valence-electron chi connectivity index (χ0n) is 20.0. The molecule has 1 aromatic heterocycles. The predicted octanol–water partition coefficient (Wildman–Crippen LogP) is 5.57. The number of carbonyl (C=O) groups is 2. The number of methoxy groups -OCH3 is 1. The second-order valence-corrected chi connectivity index (χ2v) is 9.40. The lowest BCUT2D eigenvalue weighted by atomic mass is 10.1. The normalized spacial score (nSPS) is 11.7. The van der Waals surface area contributed by atoms with Gasteiger partial charge in [-0.25, -0.2) is 0 Å². The molecular formula is C27H26N4O3S. The molecule has 35 heavy (non-hydrogen) atoms. The van der Waals surface area contributed by atoms with Crippen molar-refractivity contribution in [1.29, 1.82) is 0 Å². The van der Waals surface area contributed by atoms with Gasteiger partial charge >= 0.3 is 0 Å². The number of benzene rings is 3. The highest BCUT2D eigenvalue weighted by molar-refractivity contribution is 8.00. The molecule has 1 atom stereocenters. The first kappa shape index (κ1) is 24.2. The van der Waals surface area contributed by atoms with Crippen molar-refractivity contribution in [2.24, 2.45) is 0 Å². The average Bonchev–Trinajstić information content (AvgIpc) is 3.28. The Morgan fingerprint density at radius 2 is 1.60 bits per heavy atom. The number of nitrogens with zero attached hydrogens (tertiary/aromatic N) is 3. The highest BCUT2D eigenvalue weighted by Gasteiger charge is 2.22. The molecule has 0 radical (unpaired) electrons. The molecule has 8 heteroatoms. The van der Waals surface area contributed by atoms with E-state index < -0.39 is 5.25 Å². The van der Waals surface area contributed by atoms with Crippen molar-refractivity contribution >= 4 is 29.1 Å². The van der Waals surface area contributed by atoms with E-state index in [9.17, 15) is 9.59 Å². The quantitative estimate of drug-likeness (QED) is 0.259. The van der Waals surface area contributed by atoms with Crippen LogP contribution in [0, 0.1) is 6.92 Å². The van der Waals surface area contributed by atoms with Crippen LogP contribution in [0.15, 0.2) is 78.0 Å². The maximum Gasteiger partial charge on any atom is 0.237 e. The Labute approximate surface area is 208 Å². The summed E-state index contributed by atoms with van der Waals surface area (Å²) in [6.07, 6.45) is 0. The molecule has 0 aliphatic carbocycles. The van der Waals surface area contributed by atoms with Gasteiger partial charge in [-0.1, -0.05) is 29.5 Å². The van der Waals surface area contributed by atoms with E-state index in [1.807, 2.05) is 66.9 Å². The van der Waals surface area contributed by atoms with Gasteiger partial charge in [0.1, 0.15) is 5.75 Å². The Morgan fingerprint density at radius 3 is 2.20 bits per heavy atom. The van der Waals surface area contributed by atoms with Crippen molar-refractivity contribution in [3.05, 3.63) is 83.9 Å². The summed E-state index contributed by atoms with van der Waals surface area (Å²) in [6.45, 7) is 5.37. The fourth-order valence-corrected chi connectivity index (χ4v) is 4.31. The number of amides is 1. The average molecular weight is 487 g/mol. The third kappa shape index (κ3) is 5.60. The zero-order valence-corrected chi connectivity index (χ0v) is 20.8. The van der Waals surface area contributed by atoms with E-state index in [0.717, 1.165) is 22.6 Å². The van der Waals surface area contributed by atoms with E-state index in [1.54, 1.807) is 31.4 Å². The van der Waals surface area contributed by atoms with Crippen LogP contribution in [0.25, 0.3) is 17.1 Å². The Balaban J connectivity index is 1.60. The molecule has 7 nitrogen and oxygen atoms in total. The van der Waals surface area contributed by atoms with E-state index in [0.29, 0.717) is 22.2 Å². The van der Waals surface area contributed by atoms with E-state index in [4.69, 9.17) is 4.74 Å². The van der Waals surface area contributed by atoms with Crippen molar-refractivity contribution in [1.82, 2.24) is 14.8 Å². The van der Waals surface area contributed by atoms with Gasteiger partial charge in [0.15, 0.2) is 16.8 Å². The highest BCUT2D eigenvalue weighted by Crippen LogP contribution is 2.31. The van der Waals surface area contributed by atoms with Crippen molar-refractivity contribution < 1.29 is 14.3 Å². The van der Waals surface area contributed by atoms with Crippen LogP contribution >= 0.6 is 11.8 Å². The lowest BCUT2D eigenvalue weighted by Crippen LogP contribution is -2.23. The molecule has 0 saturated heterocycles. The zero-order chi connectivity index (χ0) is 24.9. The molecule has 4 aromatic rings. The third-order valence-corrected chi connectivity index (χ3v) is 6.53. The summed E-state index contributed by atoms with van der Waals surface area (Å²) in [5, 5.41) is 11.9. The van der Waals surface area contributed by atoms with Crippen LogP contribution in [-0.4, -0.2) is 38.8 Å². The second kappa shape index (κ2) is 10.6. The molecule has 178 valence electrons. The van der Waals surface area contributed by atoms with Crippen LogP contribution in [0.1, 0.15) is 29.8 Å². The fraction of sp³-hybridized carbons (Fsp3) is 0.185. The Kier molecular flexibility index (Phi) is 7.31. The summed E-state index contributed by atoms with van der Waals surface area (Å²) in [7, 11) is 1.63. The lowest BCUT2D eigenvalue weighted by Gasteiger charge is -2.14. The van der Waals surface area contributed by atoms with Crippen LogP contribution in [0.3, 0.4) is 0 Å². The molecule has 1 unspecified atom stereocenters. The van der Waals surface area contributed by atoms with Crippen LogP contribution in [0.2, 0.25) is 0 Å². The van der Waals surface area contributed by atoms with E-state index in [1.165, 1.54) is 18.7 Å². The number of anilines is 1. The summed E-state index contributed by atoms with van der Waals surface area (Å²) < 4.78 is 7.23. The number of aryl methyl sites for hydroxylation is 1. The number of ether oxygens (including phenoxy) is 1. The maximum atomic E-state index is 12.9. The van der Waals surface area contributed by atoms with Gasteiger partial charge < -0.3 is 10.1 Å². The molecule has 0 fully saturated rings. The topological polar surface area (TPSA) is 86.1 Å². The largest absolute Gasteiger partial charge is 0.497 e. The molecule has 1 heterocycles. The van der Waals surface area contributed by atoms with Gasteiger partial charge in [0.2, 0.25) is 5.91 Å².